The lowest BCUT2D eigenvalue weighted by atomic mass is 9.89. The van der Waals surface area contributed by atoms with Gasteiger partial charge in [0.2, 0.25) is 5.91 Å². The number of hydrogen-bond donors (Lipinski definition) is 1. The molecule has 238 valence electrons. The summed E-state index contributed by atoms with van der Waals surface area (Å²) in [7, 11) is 1.36. The molecule has 1 saturated carbocycles. The average Bonchev–Trinajstić information content (AvgIpc) is 3.70. The van der Waals surface area contributed by atoms with Crippen molar-refractivity contribution in [3.8, 4) is 0 Å². The van der Waals surface area contributed by atoms with Crippen LogP contribution < -0.4 is 5.32 Å². The number of rotatable bonds is 9. The Balaban J connectivity index is 0.00000196. The van der Waals surface area contributed by atoms with Crippen molar-refractivity contribution in [2.24, 2.45) is 5.92 Å². The van der Waals surface area contributed by atoms with E-state index in [1.54, 1.807) is 48.5 Å². The van der Waals surface area contributed by atoms with Crippen LogP contribution in [0.2, 0.25) is 10.0 Å². The van der Waals surface area contributed by atoms with E-state index in [9.17, 15) is 9.59 Å². The van der Waals surface area contributed by atoms with Crippen LogP contribution in [0.25, 0.3) is 11.0 Å². The number of benzene rings is 3. The van der Waals surface area contributed by atoms with E-state index in [2.05, 4.69) is 14.8 Å². The monoisotopic (exact) mass is 652 g/mol. The molecule has 7 nitrogen and oxygen atoms in total. The number of carbonyl (C=O) groups excluding carboxylic acids is 2. The standard InChI is InChI=1S/C33H33Cl2FN4O3.C2H6/c1-19-37-28-15-21(33(42)43-2)11-12-29(28)39(19)14-13-24-17-26(25-7-4-8-27(35)30(25)36)31(40(24)18-20-9-10-20)32(41)38-23-6-3-5-22(34)16-23;1-2/h3-8,11-12,15-16,20,24,26,31H,9-10,13-14,17-18H2,1-2H3,(H,38,41);1-2H3/t24-,26?,31+;/m0./s1. The number of hydrogen-bond acceptors (Lipinski definition) is 5. The molecule has 0 radical (unpaired) electrons. The number of likely N-dealkylation sites (tertiary alicyclic amines) is 1. The van der Waals surface area contributed by atoms with E-state index in [-0.39, 0.29) is 22.9 Å². The zero-order chi connectivity index (χ0) is 32.2. The smallest absolute Gasteiger partial charge is 0.337 e. The van der Waals surface area contributed by atoms with E-state index >= 15 is 4.39 Å². The molecule has 10 heteroatoms. The van der Waals surface area contributed by atoms with Gasteiger partial charge in [-0.25, -0.2) is 14.2 Å². The summed E-state index contributed by atoms with van der Waals surface area (Å²) >= 11 is 12.4. The number of fused-ring (bicyclic) bond motifs is 1. The summed E-state index contributed by atoms with van der Waals surface area (Å²) in [5, 5.41) is 3.63. The Morgan fingerprint density at radius 2 is 1.82 bits per heavy atom. The summed E-state index contributed by atoms with van der Waals surface area (Å²) in [4.78, 5) is 33.1. The number of anilines is 1. The molecule has 6 rings (SSSR count). The molecule has 1 aliphatic carbocycles. The summed E-state index contributed by atoms with van der Waals surface area (Å²) in [6, 6.07) is 16.9. The van der Waals surface area contributed by atoms with Crippen LogP contribution >= 0.6 is 23.2 Å². The van der Waals surface area contributed by atoms with Crippen LogP contribution in [0.5, 0.6) is 0 Å². The number of imidazole rings is 1. The van der Waals surface area contributed by atoms with E-state index in [0.29, 0.717) is 40.7 Å². The number of aromatic nitrogens is 2. The molecule has 1 aromatic heterocycles. The van der Waals surface area contributed by atoms with Gasteiger partial charge in [-0.2, -0.15) is 0 Å². The summed E-state index contributed by atoms with van der Waals surface area (Å²) in [6.45, 7) is 7.36. The molecule has 3 aromatic carbocycles. The first-order valence-corrected chi connectivity index (χ1v) is 16.3. The minimum absolute atomic E-state index is 0.0188. The highest BCUT2D eigenvalue weighted by Crippen LogP contribution is 2.44. The van der Waals surface area contributed by atoms with Gasteiger partial charge in [-0.15, -0.1) is 0 Å². The molecule has 1 aliphatic heterocycles. The van der Waals surface area contributed by atoms with Gasteiger partial charge in [0.25, 0.3) is 0 Å². The fourth-order valence-electron chi connectivity index (χ4n) is 6.44. The number of esters is 1. The van der Waals surface area contributed by atoms with E-state index in [1.807, 2.05) is 26.8 Å². The summed E-state index contributed by atoms with van der Waals surface area (Å²) in [6.07, 6.45) is 3.58. The lowest BCUT2D eigenvalue weighted by molar-refractivity contribution is -0.121. The van der Waals surface area contributed by atoms with E-state index in [4.69, 9.17) is 32.9 Å². The van der Waals surface area contributed by atoms with Gasteiger partial charge in [0, 0.05) is 35.8 Å². The Morgan fingerprint density at radius 1 is 1.07 bits per heavy atom. The van der Waals surface area contributed by atoms with E-state index < -0.39 is 17.8 Å². The van der Waals surface area contributed by atoms with Gasteiger partial charge in [0.15, 0.2) is 0 Å². The van der Waals surface area contributed by atoms with Crippen LogP contribution in [0, 0.1) is 18.7 Å². The molecular formula is C35H39Cl2FN4O3. The van der Waals surface area contributed by atoms with Crippen LogP contribution in [0.4, 0.5) is 10.1 Å². The number of nitrogens with one attached hydrogen (secondary N) is 1. The molecular weight excluding hydrogens is 614 g/mol. The molecule has 45 heavy (non-hydrogen) atoms. The highest BCUT2D eigenvalue weighted by atomic mass is 35.5. The van der Waals surface area contributed by atoms with Gasteiger partial charge in [0.05, 0.1) is 34.8 Å². The minimum atomic E-state index is -0.583. The lowest BCUT2D eigenvalue weighted by Gasteiger charge is -2.31. The molecule has 0 bridgehead atoms. The topological polar surface area (TPSA) is 76.5 Å². The minimum Gasteiger partial charge on any atom is -0.465 e. The van der Waals surface area contributed by atoms with Gasteiger partial charge >= 0.3 is 5.97 Å². The number of amides is 1. The Bertz CT molecular complexity index is 1690. The predicted octanol–water partition coefficient (Wildman–Crippen LogP) is 8.27. The highest BCUT2D eigenvalue weighted by molar-refractivity contribution is 6.31. The lowest BCUT2D eigenvalue weighted by Crippen LogP contribution is -2.46. The Labute approximate surface area is 273 Å². The van der Waals surface area contributed by atoms with Crippen LogP contribution in [0.15, 0.2) is 60.7 Å². The first-order valence-electron chi connectivity index (χ1n) is 15.5. The van der Waals surface area contributed by atoms with Crippen molar-refractivity contribution >= 4 is 51.8 Å². The van der Waals surface area contributed by atoms with Crippen molar-refractivity contribution in [2.75, 3.05) is 19.0 Å². The molecule has 4 aromatic rings. The number of carbonyl (C=O) groups is 2. The van der Waals surface area contributed by atoms with Crippen molar-refractivity contribution in [1.29, 1.82) is 0 Å². The van der Waals surface area contributed by atoms with Crippen molar-refractivity contribution in [2.45, 2.75) is 71.0 Å². The van der Waals surface area contributed by atoms with Gasteiger partial charge < -0.3 is 14.6 Å². The van der Waals surface area contributed by atoms with Crippen LogP contribution in [-0.4, -0.2) is 52.1 Å². The fraction of sp³-hybridized carbons (Fsp3) is 0.400. The summed E-state index contributed by atoms with van der Waals surface area (Å²) < 4.78 is 22.5. The van der Waals surface area contributed by atoms with Crippen LogP contribution in [-0.2, 0) is 16.1 Å². The third-order valence-corrected chi connectivity index (χ3v) is 9.21. The number of ether oxygens (including phenoxy) is 1. The zero-order valence-corrected chi connectivity index (χ0v) is 27.5. The van der Waals surface area contributed by atoms with E-state index in [0.717, 1.165) is 42.7 Å². The molecule has 1 unspecified atom stereocenters. The molecule has 0 spiro atoms. The average molecular weight is 654 g/mol. The number of halogens is 3. The van der Waals surface area contributed by atoms with Crippen molar-refractivity contribution < 1.29 is 18.7 Å². The first kappa shape index (κ1) is 32.9. The second-order valence-electron chi connectivity index (χ2n) is 11.5. The largest absolute Gasteiger partial charge is 0.465 e. The normalized spacial score (nSPS) is 19.7. The highest BCUT2D eigenvalue weighted by Gasteiger charge is 2.48. The molecule has 1 saturated heterocycles. The molecule has 1 amide bonds. The molecule has 2 aliphatic rings. The Morgan fingerprint density at radius 3 is 2.53 bits per heavy atom. The van der Waals surface area contributed by atoms with E-state index in [1.165, 1.54) is 13.2 Å². The molecule has 1 N–H and O–H groups in total. The quantitative estimate of drug-likeness (QED) is 0.184. The third kappa shape index (κ3) is 7.19. The van der Waals surface area contributed by atoms with Gasteiger partial charge in [-0.3, -0.25) is 9.69 Å². The Kier molecular flexibility index (Phi) is 10.5. The number of nitrogens with zero attached hydrogens (tertiary/aromatic N) is 3. The maximum Gasteiger partial charge on any atom is 0.337 e. The fourth-order valence-corrected chi connectivity index (χ4v) is 6.81. The summed E-state index contributed by atoms with van der Waals surface area (Å²) in [5.74, 6) is -0.105. The maximum atomic E-state index is 15.5. The summed E-state index contributed by atoms with van der Waals surface area (Å²) in [5.41, 5.74) is 3.15. The van der Waals surface area contributed by atoms with Crippen molar-refractivity contribution in [3.05, 3.63) is 93.5 Å². The van der Waals surface area contributed by atoms with Gasteiger partial charge in [0.1, 0.15) is 11.6 Å². The first-order chi connectivity index (χ1) is 21.7. The van der Waals surface area contributed by atoms with Crippen LogP contribution in [0.1, 0.15) is 67.2 Å². The predicted molar refractivity (Wildman–Crippen MR) is 178 cm³/mol. The third-order valence-electron chi connectivity index (χ3n) is 8.69. The second-order valence-corrected chi connectivity index (χ2v) is 12.4. The van der Waals surface area contributed by atoms with Crippen LogP contribution in [0.3, 0.4) is 0 Å². The SMILES string of the molecule is CC.COC(=O)c1ccc2c(c1)nc(C)n2CC[C@H]1CC(c2cccc(Cl)c2F)[C@H](C(=O)Nc2cccc(Cl)c2)N1CC1CC1. The van der Waals surface area contributed by atoms with Gasteiger partial charge in [-0.05, 0) is 86.6 Å². The van der Waals surface area contributed by atoms with Gasteiger partial charge in [-0.1, -0.05) is 55.2 Å². The number of aryl methyl sites for hydroxylation is 2. The second kappa shape index (κ2) is 14.3. The zero-order valence-electron chi connectivity index (χ0n) is 26.0. The molecule has 2 heterocycles. The Hall–Kier alpha value is -3.46. The molecule has 3 atom stereocenters. The number of methoxy groups -OCH3 is 1. The van der Waals surface area contributed by atoms with Crippen molar-refractivity contribution in [1.82, 2.24) is 14.5 Å². The van der Waals surface area contributed by atoms with Crippen molar-refractivity contribution in [3.63, 3.8) is 0 Å². The molecule has 2 fully saturated rings. The maximum absolute atomic E-state index is 15.5.